The highest BCUT2D eigenvalue weighted by atomic mass is 32.1. The van der Waals surface area contributed by atoms with Gasteiger partial charge in [0.25, 0.3) is 0 Å². The average molecular weight is 542 g/mol. The van der Waals surface area contributed by atoms with Gasteiger partial charge in [-0.2, -0.15) is 0 Å². The molecule has 0 unspecified atom stereocenters. The van der Waals surface area contributed by atoms with Crippen LogP contribution in [0.3, 0.4) is 0 Å². The standard InChI is InChI=1S/C37H23N3S/c1-3-12-25(13-4-1)29-21-22-31(33-30-17-9-10-18-32(30)41-34(29)33)37-39-35(26-14-5-2-6-15-26)38-36(40-37)28-20-19-24-11-7-8-16-27(24)23-28/h1-23H. The Morgan fingerprint density at radius 3 is 1.83 bits per heavy atom. The number of hydrogen-bond acceptors (Lipinski definition) is 4. The zero-order valence-electron chi connectivity index (χ0n) is 22.0. The van der Waals surface area contributed by atoms with Crippen molar-refractivity contribution in [2.75, 3.05) is 0 Å². The highest BCUT2D eigenvalue weighted by Gasteiger charge is 2.19. The Hall–Kier alpha value is -5.19. The zero-order chi connectivity index (χ0) is 27.2. The number of thiophene rings is 1. The fourth-order valence-electron chi connectivity index (χ4n) is 5.53. The van der Waals surface area contributed by atoms with Gasteiger partial charge in [0.1, 0.15) is 0 Å². The fraction of sp³-hybridized carbons (Fsp3) is 0. The fourth-order valence-corrected chi connectivity index (χ4v) is 6.79. The lowest BCUT2D eigenvalue weighted by Crippen LogP contribution is -2.00. The summed E-state index contributed by atoms with van der Waals surface area (Å²) in [6, 6.07) is 48.5. The Morgan fingerprint density at radius 2 is 1.02 bits per heavy atom. The molecule has 0 aliphatic rings. The summed E-state index contributed by atoms with van der Waals surface area (Å²) in [6.07, 6.45) is 0. The molecule has 2 heterocycles. The maximum Gasteiger partial charge on any atom is 0.164 e. The average Bonchev–Trinajstić information content (AvgIpc) is 3.44. The Bertz CT molecular complexity index is 2200. The van der Waals surface area contributed by atoms with Gasteiger partial charge in [-0.1, -0.05) is 121 Å². The number of fused-ring (bicyclic) bond motifs is 4. The van der Waals surface area contributed by atoms with Crippen LogP contribution < -0.4 is 0 Å². The van der Waals surface area contributed by atoms with Crippen molar-refractivity contribution in [3.8, 4) is 45.3 Å². The number of benzene rings is 6. The van der Waals surface area contributed by atoms with Crippen LogP contribution in [0.15, 0.2) is 140 Å². The number of hydrogen-bond donors (Lipinski definition) is 0. The van der Waals surface area contributed by atoms with Gasteiger partial charge < -0.3 is 0 Å². The summed E-state index contributed by atoms with van der Waals surface area (Å²) < 4.78 is 2.49. The second kappa shape index (κ2) is 9.77. The van der Waals surface area contributed by atoms with E-state index in [0.29, 0.717) is 17.5 Å². The maximum absolute atomic E-state index is 5.13. The molecular formula is C37H23N3S. The van der Waals surface area contributed by atoms with Gasteiger partial charge in [-0.15, -0.1) is 11.3 Å². The minimum Gasteiger partial charge on any atom is -0.208 e. The van der Waals surface area contributed by atoms with Crippen molar-refractivity contribution >= 4 is 42.3 Å². The molecule has 0 bridgehead atoms. The van der Waals surface area contributed by atoms with E-state index in [1.165, 1.54) is 36.7 Å². The minimum atomic E-state index is 0.665. The third-order valence-corrected chi connectivity index (χ3v) is 8.73. The number of nitrogens with zero attached hydrogens (tertiary/aromatic N) is 3. The van der Waals surface area contributed by atoms with E-state index in [0.717, 1.165) is 22.1 Å². The predicted molar refractivity (Wildman–Crippen MR) is 172 cm³/mol. The van der Waals surface area contributed by atoms with E-state index < -0.39 is 0 Å². The molecule has 8 aromatic rings. The number of rotatable bonds is 4. The van der Waals surface area contributed by atoms with Crippen molar-refractivity contribution in [1.29, 1.82) is 0 Å². The monoisotopic (exact) mass is 541 g/mol. The van der Waals surface area contributed by atoms with Gasteiger partial charge in [-0.3, -0.25) is 0 Å². The largest absolute Gasteiger partial charge is 0.208 e. The smallest absolute Gasteiger partial charge is 0.164 e. The van der Waals surface area contributed by atoms with Crippen molar-refractivity contribution in [2.45, 2.75) is 0 Å². The molecule has 8 rings (SSSR count). The highest BCUT2D eigenvalue weighted by molar-refractivity contribution is 7.26. The van der Waals surface area contributed by atoms with Gasteiger partial charge in [0.05, 0.1) is 0 Å². The summed E-state index contributed by atoms with van der Waals surface area (Å²) in [5.74, 6) is 2.01. The maximum atomic E-state index is 5.13. The molecule has 0 atom stereocenters. The normalized spacial score (nSPS) is 11.4. The molecule has 0 saturated heterocycles. The first-order valence-electron chi connectivity index (χ1n) is 13.6. The van der Waals surface area contributed by atoms with E-state index in [1.54, 1.807) is 0 Å². The molecule has 6 aromatic carbocycles. The molecule has 0 radical (unpaired) electrons. The van der Waals surface area contributed by atoms with Crippen LogP contribution in [-0.2, 0) is 0 Å². The molecular weight excluding hydrogens is 518 g/mol. The summed E-state index contributed by atoms with van der Waals surface area (Å²) in [5.41, 5.74) is 5.37. The summed E-state index contributed by atoms with van der Waals surface area (Å²) >= 11 is 1.82. The van der Waals surface area contributed by atoms with Crippen LogP contribution in [0.2, 0.25) is 0 Å². The summed E-state index contributed by atoms with van der Waals surface area (Å²) in [7, 11) is 0. The Kier molecular flexibility index (Phi) is 5.64. The van der Waals surface area contributed by atoms with Crippen molar-refractivity contribution in [1.82, 2.24) is 15.0 Å². The van der Waals surface area contributed by atoms with Crippen LogP contribution in [0, 0.1) is 0 Å². The van der Waals surface area contributed by atoms with Crippen molar-refractivity contribution in [2.24, 2.45) is 0 Å². The molecule has 0 aliphatic carbocycles. The first-order chi connectivity index (χ1) is 20.3. The quantitative estimate of drug-likeness (QED) is 0.222. The van der Waals surface area contributed by atoms with E-state index in [4.69, 9.17) is 15.0 Å². The van der Waals surface area contributed by atoms with Crippen molar-refractivity contribution in [3.63, 3.8) is 0 Å². The lowest BCUT2D eigenvalue weighted by Gasteiger charge is -2.12. The third kappa shape index (κ3) is 4.17. The van der Waals surface area contributed by atoms with Gasteiger partial charge in [0, 0.05) is 36.9 Å². The third-order valence-electron chi connectivity index (χ3n) is 7.53. The van der Waals surface area contributed by atoms with Crippen LogP contribution >= 0.6 is 11.3 Å². The van der Waals surface area contributed by atoms with E-state index >= 15 is 0 Å². The zero-order valence-corrected chi connectivity index (χ0v) is 22.8. The van der Waals surface area contributed by atoms with Crippen LogP contribution in [0.4, 0.5) is 0 Å². The minimum absolute atomic E-state index is 0.665. The van der Waals surface area contributed by atoms with Crippen LogP contribution in [0.1, 0.15) is 0 Å². The summed E-state index contributed by atoms with van der Waals surface area (Å²) in [4.78, 5) is 15.2. The molecule has 192 valence electrons. The molecule has 0 saturated carbocycles. The first-order valence-corrected chi connectivity index (χ1v) is 14.4. The molecule has 0 fully saturated rings. The van der Waals surface area contributed by atoms with E-state index in [9.17, 15) is 0 Å². The van der Waals surface area contributed by atoms with Crippen LogP contribution in [0.25, 0.3) is 76.2 Å². The van der Waals surface area contributed by atoms with Gasteiger partial charge in [-0.05, 0) is 40.1 Å². The second-order valence-electron chi connectivity index (χ2n) is 10.1. The highest BCUT2D eigenvalue weighted by Crippen LogP contribution is 2.44. The van der Waals surface area contributed by atoms with Crippen molar-refractivity contribution < 1.29 is 0 Å². The Labute approximate surface area is 241 Å². The van der Waals surface area contributed by atoms with Crippen LogP contribution in [-0.4, -0.2) is 15.0 Å². The van der Waals surface area contributed by atoms with Crippen molar-refractivity contribution in [3.05, 3.63) is 140 Å². The Balaban J connectivity index is 1.41. The summed E-state index contributed by atoms with van der Waals surface area (Å²) in [6.45, 7) is 0. The summed E-state index contributed by atoms with van der Waals surface area (Å²) in [5, 5.41) is 4.75. The molecule has 4 heteroatoms. The van der Waals surface area contributed by atoms with Gasteiger partial charge in [0.2, 0.25) is 0 Å². The molecule has 41 heavy (non-hydrogen) atoms. The molecule has 0 aliphatic heterocycles. The van der Waals surface area contributed by atoms with Gasteiger partial charge >= 0.3 is 0 Å². The molecule has 2 aromatic heterocycles. The molecule has 3 nitrogen and oxygen atoms in total. The second-order valence-corrected chi connectivity index (χ2v) is 11.1. The van der Waals surface area contributed by atoms with E-state index in [-0.39, 0.29) is 0 Å². The lowest BCUT2D eigenvalue weighted by molar-refractivity contribution is 1.08. The predicted octanol–water partition coefficient (Wildman–Crippen LogP) is 10.1. The Morgan fingerprint density at radius 1 is 0.415 bits per heavy atom. The molecule has 0 spiro atoms. The van der Waals surface area contributed by atoms with Crippen LogP contribution in [0.5, 0.6) is 0 Å². The molecule has 0 N–H and O–H groups in total. The lowest BCUT2D eigenvalue weighted by atomic mass is 9.98. The number of aromatic nitrogens is 3. The SMILES string of the molecule is c1ccc(-c2nc(-c3ccc4ccccc4c3)nc(-c3ccc(-c4ccccc4)c4sc5ccccc5c34)n2)cc1. The topological polar surface area (TPSA) is 38.7 Å². The van der Waals surface area contributed by atoms with Gasteiger partial charge in [0.15, 0.2) is 17.5 Å². The van der Waals surface area contributed by atoms with E-state index in [1.807, 2.05) is 29.5 Å². The molecule has 0 amide bonds. The van der Waals surface area contributed by atoms with E-state index in [2.05, 4.69) is 121 Å². The van der Waals surface area contributed by atoms with Gasteiger partial charge in [-0.25, -0.2) is 15.0 Å². The first kappa shape index (κ1) is 23.7.